The minimum Gasteiger partial charge on any atom is -0.465 e. The van der Waals surface area contributed by atoms with Crippen LogP contribution in [-0.4, -0.2) is 12.6 Å². The number of hydrogen-bond acceptors (Lipinski definition) is 2. The molecule has 0 saturated carbocycles. The summed E-state index contributed by atoms with van der Waals surface area (Å²) >= 11 is 0. The Bertz CT molecular complexity index is 306. The molecule has 167 valence electrons. The van der Waals surface area contributed by atoms with Crippen molar-refractivity contribution in [3.63, 3.8) is 0 Å². The highest BCUT2D eigenvalue weighted by Crippen LogP contribution is 2.20. The van der Waals surface area contributed by atoms with E-state index in [0.717, 1.165) is 50.9 Å². The molecule has 2 nitrogen and oxygen atoms in total. The van der Waals surface area contributed by atoms with E-state index in [0.29, 0.717) is 6.61 Å². The summed E-state index contributed by atoms with van der Waals surface area (Å²) in [6.45, 7) is 7.25. The predicted molar refractivity (Wildman–Crippen MR) is 124 cm³/mol. The average Bonchev–Trinajstić information content (AvgIpc) is 2.70. The van der Waals surface area contributed by atoms with Gasteiger partial charge in [-0.05, 0) is 19.3 Å². The van der Waals surface area contributed by atoms with E-state index < -0.39 is 0 Å². The molecule has 0 bridgehead atoms. The van der Waals surface area contributed by atoms with Gasteiger partial charge in [-0.2, -0.15) is 0 Å². The Balaban J connectivity index is 3.42. The van der Waals surface area contributed by atoms with Crippen LogP contribution in [0.5, 0.6) is 0 Å². The third-order valence-corrected chi connectivity index (χ3v) is 5.68. The molecule has 0 atom stereocenters. The maximum atomic E-state index is 12.2. The lowest BCUT2D eigenvalue weighted by Gasteiger charge is -2.14. The van der Waals surface area contributed by atoms with Gasteiger partial charge in [-0.3, -0.25) is 4.79 Å². The molecule has 2 heteroatoms. The highest BCUT2D eigenvalue weighted by Gasteiger charge is 2.19. The van der Waals surface area contributed by atoms with Crippen LogP contribution in [-0.2, 0) is 9.53 Å². The number of hydrogen-bond donors (Lipinski definition) is 0. The Kier molecular flexibility index (Phi) is 22.3. The van der Waals surface area contributed by atoms with Gasteiger partial charge in [0.1, 0.15) is 0 Å². The molecule has 0 aromatic carbocycles. The zero-order chi connectivity index (χ0) is 20.7. The first kappa shape index (κ1) is 27.5. The summed E-state index contributed by atoms with van der Waals surface area (Å²) in [5, 5.41) is 0. The second-order valence-electron chi connectivity index (χ2n) is 8.54. The summed E-state index contributed by atoms with van der Waals surface area (Å²) in [7, 11) is 0. The maximum Gasteiger partial charge on any atom is 0.313 e. The zero-order valence-electron chi connectivity index (χ0n) is 19.7. The van der Waals surface area contributed by atoms with Gasteiger partial charge in [-0.1, -0.05) is 130 Å². The van der Waals surface area contributed by atoms with E-state index >= 15 is 0 Å². The molecule has 0 aliphatic rings. The van der Waals surface area contributed by atoms with Crippen molar-refractivity contribution < 1.29 is 9.53 Å². The molecule has 0 aromatic rings. The monoisotopic (exact) mass is 395 g/mol. The van der Waals surface area contributed by atoms with Crippen molar-refractivity contribution in [3.05, 3.63) is 5.92 Å². The number of carbonyl (C=O) groups is 1. The van der Waals surface area contributed by atoms with Gasteiger partial charge < -0.3 is 4.74 Å². The van der Waals surface area contributed by atoms with Crippen molar-refractivity contribution in [1.82, 2.24) is 0 Å². The van der Waals surface area contributed by atoms with Crippen LogP contribution in [0.3, 0.4) is 0 Å². The van der Waals surface area contributed by atoms with Crippen molar-refractivity contribution in [2.24, 2.45) is 0 Å². The van der Waals surface area contributed by atoms with Gasteiger partial charge in [0.15, 0.2) is 0 Å². The normalized spacial score (nSPS) is 11.3. The lowest BCUT2D eigenvalue weighted by molar-refractivity contribution is -0.142. The Hall–Kier alpha value is -0.530. The Morgan fingerprint density at radius 3 is 1.25 bits per heavy atom. The van der Waals surface area contributed by atoms with Crippen LogP contribution in [0.4, 0.5) is 0 Å². The lowest BCUT2D eigenvalue weighted by atomic mass is 9.96. The highest BCUT2D eigenvalue weighted by molar-refractivity contribution is 5.84. The molecule has 0 spiro atoms. The Morgan fingerprint density at radius 1 is 0.500 bits per heavy atom. The first-order chi connectivity index (χ1) is 13.8. The van der Waals surface area contributed by atoms with E-state index in [-0.39, 0.29) is 5.97 Å². The third-order valence-electron chi connectivity index (χ3n) is 5.68. The quantitative estimate of drug-likeness (QED) is 0.135. The van der Waals surface area contributed by atoms with Gasteiger partial charge >= 0.3 is 5.97 Å². The molecule has 0 aliphatic carbocycles. The first-order valence-electron chi connectivity index (χ1n) is 12.8. The predicted octanol–water partition coefficient (Wildman–Crippen LogP) is 8.97. The van der Waals surface area contributed by atoms with Crippen molar-refractivity contribution in [2.75, 3.05) is 6.61 Å². The van der Waals surface area contributed by atoms with Gasteiger partial charge in [0.05, 0.1) is 12.5 Å². The van der Waals surface area contributed by atoms with Crippen LogP contribution >= 0.6 is 0 Å². The maximum absolute atomic E-state index is 12.2. The highest BCUT2D eigenvalue weighted by atomic mass is 16.5. The van der Waals surface area contributed by atoms with Crippen molar-refractivity contribution in [3.8, 4) is 0 Å². The third kappa shape index (κ3) is 18.8. The molecule has 28 heavy (non-hydrogen) atoms. The SMILES string of the molecule is CCCCCCCCCCCCCCCCOC(=O)[C](CCCC)CCCC. The first-order valence-corrected chi connectivity index (χ1v) is 12.8. The molecule has 0 aliphatic heterocycles. The molecule has 0 aromatic heterocycles. The standard InChI is InChI=1S/C26H51O2/c1-4-7-10-11-12-13-14-15-16-17-18-19-20-21-24-28-26(27)25(22-8-5-2)23-9-6-3/h4-24H2,1-3H3. The van der Waals surface area contributed by atoms with E-state index in [2.05, 4.69) is 20.8 Å². The molecule has 1 radical (unpaired) electrons. The van der Waals surface area contributed by atoms with Crippen LogP contribution < -0.4 is 0 Å². The lowest BCUT2D eigenvalue weighted by Crippen LogP contribution is -2.16. The minimum absolute atomic E-state index is 0.0170. The zero-order valence-corrected chi connectivity index (χ0v) is 19.7. The van der Waals surface area contributed by atoms with E-state index in [9.17, 15) is 4.79 Å². The summed E-state index contributed by atoms with van der Waals surface area (Å²) in [4.78, 5) is 12.2. The van der Waals surface area contributed by atoms with Crippen LogP contribution in [0.2, 0.25) is 0 Å². The molecule has 0 heterocycles. The van der Waals surface area contributed by atoms with Crippen LogP contribution in [0.1, 0.15) is 149 Å². The molecule has 0 amide bonds. The second-order valence-corrected chi connectivity index (χ2v) is 8.54. The fourth-order valence-corrected chi connectivity index (χ4v) is 3.67. The van der Waals surface area contributed by atoms with E-state index in [1.165, 1.54) is 83.5 Å². The Morgan fingerprint density at radius 2 is 0.857 bits per heavy atom. The number of carbonyl (C=O) groups excluding carboxylic acids is 1. The second kappa shape index (κ2) is 22.8. The fourth-order valence-electron chi connectivity index (χ4n) is 3.67. The number of unbranched alkanes of at least 4 members (excludes halogenated alkanes) is 15. The largest absolute Gasteiger partial charge is 0.465 e. The smallest absolute Gasteiger partial charge is 0.313 e. The Labute approximate surface area is 177 Å². The van der Waals surface area contributed by atoms with Gasteiger partial charge in [0, 0.05) is 0 Å². The summed E-state index contributed by atoms with van der Waals surface area (Å²) in [6.07, 6.45) is 25.3. The topological polar surface area (TPSA) is 26.3 Å². The van der Waals surface area contributed by atoms with E-state index in [1.807, 2.05) is 0 Å². The van der Waals surface area contributed by atoms with E-state index in [1.54, 1.807) is 0 Å². The summed E-state index contributed by atoms with van der Waals surface area (Å²) in [5.74, 6) is 1.01. The van der Waals surface area contributed by atoms with Gasteiger partial charge in [0.2, 0.25) is 0 Å². The van der Waals surface area contributed by atoms with Gasteiger partial charge in [-0.25, -0.2) is 0 Å². The fraction of sp³-hybridized carbons (Fsp3) is 0.923. The molecule has 0 rings (SSSR count). The van der Waals surface area contributed by atoms with Gasteiger partial charge in [-0.15, -0.1) is 0 Å². The van der Waals surface area contributed by atoms with Crippen LogP contribution in [0.25, 0.3) is 0 Å². The van der Waals surface area contributed by atoms with Crippen molar-refractivity contribution >= 4 is 5.97 Å². The number of rotatable bonds is 22. The van der Waals surface area contributed by atoms with Crippen molar-refractivity contribution in [1.29, 1.82) is 0 Å². The molecular formula is C26H51O2. The number of ether oxygens (including phenoxy) is 1. The summed E-state index contributed by atoms with van der Waals surface area (Å²) in [5.41, 5.74) is 0. The molecule has 0 unspecified atom stereocenters. The molecule has 0 saturated heterocycles. The number of esters is 1. The molecule has 0 fully saturated rings. The van der Waals surface area contributed by atoms with Crippen molar-refractivity contribution in [2.45, 2.75) is 149 Å². The average molecular weight is 396 g/mol. The minimum atomic E-state index is -0.0170. The summed E-state index contributed by atoms with van der Waals surface area (Å²) < 4.78 is 5.53. The van der Waals surface area contributed by atoms with Crippen LogP contribution in [0.15, 0.2) is 0 Å². The molecule has 0 N–H and O–H groups in total. The summed E-state index contributed by atoms with van der Waals surface area (Å²) in [6, 6.07) is 0. The van der Waals surface area contributed by atoms with Gasteiger partial charge in [0.25, 0.3) is 0 Å². The molecular weight excluding hydrogens is 344 g/mol. The van der Waals surface area contributed by atoms with E-state index in [4.69, 9.17) is 4.74 Å². The van der Waals surface area contributed by atoms with Crippen LogP contribution in [0, 0.1) is 5.92 Å².